The normalized spacial score (nSPS) is 13.1. The van der Waals surface area contributed by atoms with Crippen molar-refractivity contribution in [1.82, 2.24) is 5.32 Å². The number of hydrogen-bond acceptors (Lipinski definition) is 5. The number of non-ortho nitro benzene ring substituents is 1. The third-order valence-corrected chi connectivity index (χ3v) is 3.14. The fourth-order valence-corrected chi connectivity index (χ4v) is 1.61. The smallest absolute Gasteiger partial charge is 0.308 e. The summed E-state index contributed by atoms with van der Waals surface area (Å²) >= 11 is 0. The number of ether oxygens (including phenoxy) is 1. The summed E-state index contributed by atoms with van der Waals surface area (Å²) < 4.78 is 4.99. The first-order valence-electron chi connectivity index (χ1n) is 6.14. The minimum Gasteiger partial charge on any atom is -0.496 e. The Hall–Kier alpha value is -2.64. The SMILES string of the molecule is COc1ccc([N+](=O)[O-])cc1C(=O)NC(C)C(C)C(=O)O. The maximum atomic E-state index is 12.1. The lowest BCUT2D eigenvalue weighted by Crippen LogP contribution is -2.40. The van der Waals surface area contributed by atoms with Crippen LogP contribution in [0.15, 0.2) is 18.2 Å². The topological polar surface area (TPSA) is 119 Å². The highest BCUT2D eigenvalue weighted by molar-refractivity contribution is 5.98. The number of carboxylic acid groups (broad SMARTS) is 1. The first-order valence-corrected chi connectivity index (χ1v) is 6.14. The van der Waals surface area contributed by atoms with Gasteiger partial charge in [-0.3, -0.25) is 19.7 Å². The van der Waals surface area contributed by atoms with E-state index in [1.807, 2.05) is 0 Å². The monoisotopic (exact) mass is 296 g/mol. The van der Waals surface area contributed by atoms with Gasteiger partial charge in [0.1, 0.15) is 5.75 Å². The molecule has 0 saturated carbocycles. The fraction of sp³-hybridized carbons (Fsp3) is 0.385. The molecule has 2 unspecified atom stereocenters. The molecule has 0 saturated heterocycles. The summed E-state index contributed by atoms with van der Waals surface area (Å²) in [5.74, 6) is -2.29. The lowest BCUT2D eigenvalue weighted by Gasteiger charge is -2.18. The lowest BCUT2D eigenvalue weighted by atomic mass is 10.0. The zero-order chi connectivity index (χ0) is 16.2. The second-order valence-corrected chi connectivity index (χ2v) is 4.53. The molecule has 0 radical (unpaired) electrons. The fourth-order valence-electron chi connectivity index (χ4n) is 1.61. The summed E-state index contributed by atoms with van der Waals surface area (Å²) in [6.07, 6.45) is 0. The highest BCUT2D eigenvalue weighted by Gasteiger charge is 2.24. The molecule has 8 nitrogen and oxygen atoms in total. The van der Waals surface area contributed by atoms with Gasteiger partial charge < -0.3 is 15.2 Å². The van der Waals surface area contributed by atoms with E-state index in [4.69, 9.17) is 9.84 Å². The van der Waals surface area contributed by atoms with Gasteiger partial charge in [-0.2, -0.15) is 0 Å². The minimum atomic E-state index is -1.05. The van der Waals surface area contributed by atoms with Crippen molar-refractivity contribution >= 4 is 17.6 Å². The highest BCUT2D eigenvalue weighted by atomic mass is 16.6. The molecule has 0 spiro atoms. The summed E-state index contributed by atoms with van der Waals surface area (Å²) in [5.41, 5.74) is -0.268. The van der Waals surface area contributed by atoms with Crippen molar-refractivity contribution in [1.29, 1.82) is 0 Å². The van der Waals surface area contributed by atoms with Gasteiger partial charge in [-0.1, -0.05) is 0 Å². The molecule has 0 aliphatic carbocycles. The number of hydrogen-bond donors (Lipinski definition) is 2. The summed E-state index contributed by atoms with van der Waals surface area (Å²) in [6.45, 7) is 3.00. The van der Waals surface area contributed by atoms with Crippen LogP contribution < -0.4 is 10.1 Å². The average molecular weight is 296 g/mol. The number of carboxylic acids is 1. The van der Waals surface area contributed by atoms with Crippen LogP contribution in [-0.2, 0) is 4.79 Å². The Morgan fingerprint density at radius 1 is 1.38 bits per heavy atom. The Labute approximate surface area is 120 Å². The number of carbonyl (C=O) groups excluding carboxylic acids is 1. The molecular weight excluding hydrogens is 280 g/mol. The van der Waals surface area contributed by atoms with E-state index >= 15 is 0 Å². The highest BCUT2D eigenvalue weighted by Crippen LogP contribution is 2.24. The standard InChI is InChI=1S/C13H16N2O6/c1-7(13(17)18)8(2)14-12(16)10-6-9(15(19)20)4-5-11(10)21-3/h4-8H,1-3H3,(H,14,16)(H,17,18). The number of nitrogens with zero attached hydrogens (tertiary/aromatic N) is 1. The second kappa shape index (κ2) is 6.69. The van der Waals surface area contributed by atoms with Crippen LogP contribution in [0.3, 0.4) is 0 Å². The van der Waals surface area contributed by atoms with Crippen LogP contribution >= 0.6 is 0 Å². The molecular formula is C13H16N2O6. The largest absolute Gasteiger partial charge is 0.496 e. The van der Waals surface area contributed by atoms with E-state index in [0.29, 0.717) is 0 Å². The lowest BCUT2D eigenvalue weighted by molar-refractivity contribution is -0.384. The third-order valence-electron chi connectivity index (χ3n) is 3.14. The molecule has 0 heterocycles. The van der Waals surface area contributed by atoms with Crippen LogP contribution in [0, 0.1) is 16.0 Å². The molecule has 2 atom stereocenters. The van der Waals surface area contributed by atoms with Crippen molar-refractivity contribution in [3.05, 3.63) is 33.9 Å². The molecule has 1 rings (SSSR count). The molecule has 114 valence electrons. The Morgan fingerprint density at radius 3 is 2.48 bits per heavy atom. The van der Waals surface area contributed by atoms with Crippen LogP contribution in [0.1, 0.15) is 24.2 Å². The van der Waals surface area contributed by atoms with Gasteiger partial charge >= 0.3 is 5.97 Å². The van der Waals surface area contributed by atoms with E-state index in [1.165, 1.54) is 26.2 Å². The first kappa shape index (κ1) is 16.4. The molecule has 0 fully saturated rings. The molecule has 0 aliphatic rings. The first-order chi connectivity index (χ1) is 9.77. The number of aliphatic carboxylic acids is 1. The number of nitrogens with one attached hydrogen (secondary N) is 1. The molecule has 1 aromatic rings. The molecule has 0 aromatic heterocycles. The van der Waals surface area contributed by atoms with Gasteiger partial charge in [0.25, 0.3) is 11.6 Å². The van der Waals surface area contributed by atoms with Crippen molar-refractivity contribution in [2.75, 3.05) is 7.11 Å². The zero-order valence-corrected chi connectivity index (χ0v) is 11.8. The average Bonchev–Trinajstić information content (AvgIpc) is 2.45. The van der Waals surface area contributed by atoms with Gasteiger partial charge in [0.2, 0.25) is 0 Å². The molecule has 0 bridgehead atoms. The van der Waals surface area contributed by atoms with Crippen molar-refractivity contribution in [2.24, 2.45) is 5.92 Å². The van der Waals surface area contributed by atoms with E-state index in [9.17, 15) is 19.7 Å². The van der Waals surface area contributed by atoms with Gasteiger partial charge in [-0.15, -0.1) is 0 Å². The number of benzene rings is 1. The van der Waals surface area contributed by atoms with Crippen molar-refractivity contribution < 1.29 is 24.4 Å². The summed E-state index contributed by atoms with van der Waals surface area (Å²) in [6, 6.07) is 2.99. The van der Waals surface area contributed by atoms with Gasteiger partial charge in [0.05, 0.1) is 23.5 Å². The predicted molar refractivity (Wildman–Crippen MR) is 73.4 cm³/mol. The van der Waals surface area contributed by atoms with Gasteiger partial charge in [-0.25, -0.2) is 0 Å². The molecule has 8 heteroatoms. The van der Waals surface area contributed by atoms with Crippen LogP contribution in [0.4, 0.5) is 5.69 Å². The van der Waals surface area contributed by atoms with Crippen LogP contribution in [0.25, 0.3) is 0 Å². The van der Waals surface area contributed by atoms with E-state index in [2.05, 4.69) is 5.32 Å². The molecule has 1 amide bonds. The van der Waals surface area contributed by atoms with Gasteiger partial charge in [0, 0.05) is 18.2 Å². The second-order valence-electron chi connectivity index (χ2n) is 4.53. The molecule has 2 N–H and O–H groups in total. The number of nitro groups is 1. The van der Waals surface area contributed by atoms with Crippen molar-refractivity contribution in [2.45, 2.75) is 19.9 Å². The predicted octanol–water partition coefficient (Wildman–Crippen LogP) is 1.44. The molecule has 1 aromatic carbocycles. The van der Waals surface area contributed by atoms with E-state index in [0.717, 1.165) is 6.07 Å². The van der Waals surface area contributed by atoms with Gasteiger partial charge in [0.15, 0.2) is 0 Å². The number of methoxy groups -OCH3 is 1. The zero-order valence-electron chi connectivity index (χ0n) is 11.8. The summed E-state index contributed by atoms with van der Waals surface area (Å²) in [5, 5.41) is 22.1. The van der Waals surface area contributed by atoms with E-state index in [1.54, 1.807) is 6.92 Å². The number of amides is 1. The van der Waals surface area contributed by atoms with Gasteiger partial charge in [-0.05, 0) is 19.9 Å². The summed E-state index contributed by atoms with van der Waals surface area (Å²) in [7, 11) is 1.33. The number of nitro benzene ring substituents is 1. The third kappa shape index (κ3) is 3.91. The quantitative estimate of drug-likeness (QED) is 0.605. The maximum Gasteiger partial charge on any atom is 0.308 e. The maximum absolute atomic E-state index is 12.1. The van der Waals surface area contributed by atoms with E-state index < -0.39 is 28.8 Å². The van der Waals surface area contributed by atoms with Crippen molar-refractivity contribution in [3.63, 3.8) is 0 Å². The van der Waals surface area contributed by atoms with Crippen LogP contribution in [0.5, 0.6) is 5.75 Å². The molecule has 0 aliphatic heterocycles. The Bertz CT molecular complexity index is 572. The summed E-state index contributed by atoms with van der Waals surface area (Å²) in [4.78, 5) is 33.1. The van der Waals surface area contributed by atoms with Crippen molar-refractivity contribution in [3.8, 4) is 5.75 Å². The Morgan fingerprint density at radius 2 is 2.00 bits per heavy atom. The van der Waals surface area contributed by atoms with Crippen LogP contribution in [0.2, 0.25) is 0 Å². The minimum absolute atomic E-state index is 0.0175. The number of carbonyl (C=O) groups is 2. The number of rotatable bonds is 6. The Balaban J connectivity index is 3.03. The van der Waals surface area contributed by atoms with Crippen LogP contribution in [-0.4, -0.2) is 35.1 Å². The Kier molecular flexibility index (Phi) is 5.23. The van der Waals surface area contributed by atoms with E-state index in [-0.39, 0.29) is 17.0 Å². The molecule has 21 heavy (non-hydrogen) atoms.